The van der Waals surface area contributed by atoms with Crippen LogP contribution in [0.3, 0.4) is 0 Å². The van der Waals surface area contributed by atoms with E-state index in [4.69, 9.17) is 9.47 Å². The zero-order valence-electron chi connectivity index (χ0n) is 19.4. The maximum atomic E-state index is 12.6. The molecule has 0 aliphatic carbocycles. The van der Waals surface area contributed by atoms with Gasteiger partial charge in [0.1, 0.15) is 48.8 Å². The number of nitrogens with zero attached hydrogens (tertiary/aromatic N) is 4. The van der Waals surface area contributed by atoms with E-state index in [2.05, 4.69) is 10.5 Å². The predicted octanol–water partition coefficient (Wildman–Crippen LogP) is -4.37. The highest BCUT2D eigenvalue weighted by Crippen LogP contribution is 2.25. The number of urea groups is 1. The van der Waals surface area contributed by atoms with E-state index in [0.29, 0.717) is 0 Å². The highest BCUT2D eigenvalue weighted by molar-refractivity contribution is 5.92. The molecule has 197 valence electrons. The predicted molar refractivity (Wildman–Crippen MR) is 113 cm³/mol. The number of aliphatic hydroxyl groups excluding tert-OH is 8. The first-order chi connectivity index (χ1) is 15.8. The van der Waals surface area contributed by atoms with Gasteiger partial charge in [0.2, 0.25) is 5.84 Å². The summed E-state index contributed by atoms with van der Waals surface area (Å²) in [6.45, 7) is 5.00. The summed E-state index contributed by atoms with van der Waals surface area (Å²) in [5.74, 6) is -0.387. The quantitative estimate of drug-likeness (QED) is 0.144. The minimum Gasteiger partial charge on any atom is -0.394 e. The van der Waals surface area contributed by atoms with Crippen LogP contribution in [0.2, 0.25) is 0 Å². The lowest BCUT2D eigenvalue weighted by Gasteiger charge is -2.42. The second-order valence-electron chi connectivity index (χ2n) is 8.70. The van der Waals surface area contributed by atoms with E-state index in [0.717, 1.165) is 10.0 Å². The molecule has 15 heteroatoms. The van der Waals surface area contributed by atoms with Crippen LogP contribution >= 0.6 is 0 Å². The third-order valence-corrected chi connectivity index (χ3v) is 5.42. The fourth-order valence-corrected chi connectivity index (χ4v) is 3.39. The summed E-state index contributed by atoms with van der Waals surface area (Å²) < 4.78 is 10.6. The first kappa shape index (κ1) is 28.6. The van der Waals surface area contributed by atoms with E-state index in [1.54, 1.807) is 27.7 Å². The van der Waals surface area contributed by atoms with Crippen LogP contribution in [-0.2, 0) is 9.47 Å². The molecule has 1 radical (unpaired) electrons. The zero-order valence-corrected chi connectivity index (χ0v) is 19.4. The number of hydrazone groups is 1. The normalized spacial score (nSPS) is 31.9. The van der Waals surface area contributed by atoms with Gasteiger partial charge >= 0.3 is 6.03 Å². The van der Waals surface area contributed by atoms with Crippen molar-refractivity contribution in [2.24, 2.45) is 5.10 Å². The van der Waals surface area contributed by atoms with E-state index in [9.17, 15) is 45.6 Å². The maximum absolute atomic E-state index is 12.6. The average Bonchev–Trinajstić information content (AvgIpc) is 2.80. The average molecular weight is 496 g/mol. The fourth-order valence-electron chi connectivity index (χ4n) is 3.39. The molecule has 0 aromatic heterocycles. The smallest absolute Gasteiger partial charge is 0.361 e. The van der Waals surface area contributed by atoms with Gasteiger partial charge in [-0.25, -0.2) is 14.8 Å². The summed E-state index contributed by atoms with van der Waals surface area (Å²) in [6.07, 6.45) is -16.0. The molecule has 15 nitrogen and oxygen atoms in total. The summed E-state index contributed by atoms with van der Waals surface area (Å²) >= 11 is 0. The van der Waals surface area contributed by atoms with Crippen molar-refractivity contribution in [2.45, 2.75) is 94.9 Å². The number of ether oxygens (including phenoxy) is 2. The first-order valence-corrected chi connectivity index (χ1v) is 10.9. The van der Waals surface area contributed by atoms with Crippen molar-refractivity contribution >= 4 is 11.9 Å². The molecule has 2 aliphatic heterocycles. The minimum absolute atomic E-state index is 0.387. The van der Waals surface area contributed by atoms with Crippen molar-refractivity contribution < 1.29 is 55.1 Å². The highest BCUT2D eigenvalue weighted by Gasteiger charge is 2.48. The number of carbonyl (C=O) groups is 1. The molecule has 1 fully saturated rings. The molecule has 0 bridgehead atoms. The third-order valence-electron chi connectivity index (χ3n) is 5.42. The van der Waals surface area contributed by atoms with Gasteiger partial charge in [0.05, 0.1) is 25.3 Å². The monoisotopic (exact) mass is 495 g/mol. The van der Waals surface area contributed by atoms with Gasteiger partial charge in [-0.2, -0.15) is 0 Å². The van der Waals surface area contributed by atoms with Crippen LogP contribution in [-0.4, -0.2) is 143 Å². The summed E-state index contributed by atoms with van der Waals surface area (Å²) in [6, 6.07) is -1.40. The Morgan fingerprint density at radius 2 is 1.56 bits per heavy atom. The van der Waals surface area contributed by atoms with E-state index in [1.807, 2.05) is 0 Å². The van der Waals surface area contributed by atoms with E-state index < -0.39 is 86.5 Å². The molecule has 9 atom stereocenters. The highest BCUT2D eigenvalue weighted by atomic mass is 16.7. The Balaban J connectivity index is 2.29. The molecule has 1 saturated heterocycles. The van der Waals surface area contributed by atoms with Crippen LogP contribution in [0.1, 0.15) is 27.7 Å². The van der Waals surface area contributed by atoms with Gasteiger partial charge < -0.3 is 50.3 Å². The molecular weight excluding hydrogens is 460 g/mol. The number of hydrogen-bond donors (Lipinski definition) is 8. The standard InChI is InChI=1S/C19H35N4O11/c1-7(2)22-19(32)23(8(3)4)21-17(20-22)14(30)13(29)16(9(26)5-24)34-18-15(31)12(28)11(27)10(6-25)33-18/h7-16,18,24-31H,5-6H2,1-4H3/t9-,10-,11+,12+,13-,14-,15-,16-,18+/m1/s1. The molecule has 2 rings (SSSR count). The summed E-state index contributed by atoms with van der Waals surface area (Å²) in [5, 5.41) is 86.7. The molecule has 8 N–H and O–H groups in total. The molecule has 2 heterocycles. The molecule has 2 aliphatic rings. The zero-order chi connectivity index (χ0) is 25.9. The fraction of sp³-hybridized carbons (Fsp3) is 0.895. The van der Waals surface area contributed by atoms with Crippen molar-refractivity contribution in [3.63, 3.8) is 0 Å². The molecule has 0 aromatic rings. The lowest BCUT2D eigenvalue weighted by atomic mass is 9.98. The number of aliphatic hydroxyl groups is 8. The van der Waals surface area contributed by atoms with E-state index in [-0.39, 0.29) is 5.84 Å². The van der Waals surface area contributed by atoms with Crippen molar-refractivity contribution in [3.05, 3.63) is 0 Å². The summed E-state index contributed by atoms with van der Waals surface area (Å²) in [4.78, 5) is 12.6. The third kappa shape index (κ3) is 5.93. The lowest BCUT2D eigenvalue weighted by molar-refractivity contribution is -0.326. The number of carbonyl (C=O) groups excluding carboxylic acids is 1. The second-order valence-corrected chi connectivity index (χ2v) is 8.70. The Morgan fingerprint density at radius 1 is 0.971 bits per heavy atom. The van der Waals surface area contributed by atoms with Crippen molar-refractivity contribution in [1.29, 1.82) is 0 Å². The van der Waals surface area contributed by atoms with Crippen LogP contribution in [0.15, 0.2) is 5.10 Å². The number of rotatable bonds is 10. The largest absolute Gasteiger partial charge is 0.394 e. The van der Waals surface area contributed by atoms with E-state index in [1.165, 1.54) is 0 Å². The molecule has 0 aromatic carbocycles. The Bertz CT molecular complexity index is 710. The van der Waals surface area contributed by atoms with Gasteiger partial charge in [-0.3, -0.25) is 0 Å². The number of amidine groups is 1. The maximum Gasteiger partial charge on any atom is 0.361 e. The molecule has 34 heavy (non-hydrogen) atoms. The molecule has 2 amide bonds. The number of hydrogen-bond acceptors (Lipinski definition) is 12. The van der Waals surface area contributed by atoms with Gasteiger partial charge in [0.25, 0.3) is 0 Å². The Morgan fingerprint density at radius 3 is 2.06 bits per heavy atom. The molecule has 0 spiro atoms. The van der Waals surface area contributed by atoms with Gasteiger partial charge in [-0.05, 0) is 27.7 Å². The lowest BCUT2D eigenvalue weighted by Crippen LogP contribution is -2.63. The topological polar surface area (TPSA) is 230 Å². The first-order valence-electron chi connectivity index (χ1n) is 10.9. The van der Waals surface area contributed by atoms with E-state index >= 15 is 0 Å². The van der Waals surface area contributed by atoms with Crippen LogP contribution in [0, 0.1) is 0 Å². The van der Waals surface area contributed by atoms with Crippen molar-refractivity contribution in [3.8, 4) is 0 Å². The molecular formula is C19H35N4O11. The van der Waals surface area contributed by atoms with Crippen LogP contribution in [0.4, 0.5) is 4.79 Å². The Hall–Kier alpha value is -1.66. The molecule has 0 saturated carbocycles. The van der Waals surface area contributed by atoms with Gasteiger partial charge in [-0.15, -0.1) is 10.5 Å². The van der Waals surface area contributed by atoms with Crippen LogP contribution in [0.5, 0.6) is 0 Å². The van der Waals surface area contributed by atoms with Crippen LogP contribution < -0.4 is 5.43 Å². The van der Waals surface area contributed by atoms with Crippen LogP contribution in [0.25, 0.3) is 0 Å². The van der Waals surface area contributed by atoms with Gasteiger partial charge in [0.15, 0.2) is 6.29 Å². The van der Waals surface area contributed by atoms with Crippen molar-refractivity contribution in [1.82, 2.24) is 15.4 Å². The summed E-state index contributed by atoms with van der Waals surface area (Å²) in [5.41, 5.74) is 3.99. The van der Waals surface area contributed by atoms with Gasteiger partial charge in [-0.1, -0.05) is 0 Å². The minimum atomic E-state index is -2.02. The summed E-state index contributed by atoms with van der Waals surface area (Å²) in [7, 11) is 0. The van der Waals surface area contributed by atoms with Crippen molar-refractivity contribution in [2.75, 3.05) is 13.2 Å². The number of amides is 2. The Kier molecular flexibility index (Phi) is 9.96. The molecule has 0 unspecified atom stereocenters. The van der Waals surface area contributed by atoms with Gasteiger partial charge in [0, 0.05) is 0 Å². The second kappa shape index (κ2) is 11.9. The Labute approximate surface area is 196 Å². The SMILES string of the molecule is CC(C)N1[N]C([C@H](O)[C@@H](O)[C@H](O[C@@H]2O[C@H](CO)[C@H](O)[C@H](O)[C@H]2O)[C@H](O)CO)=NN(C(C)C)C1=O.